The van der Waals surface area contributed by atoms with Gasteiger partial charge in [0.15, 0.2) is 5.13 Å². The Labute approximate surface area is 152 Å². The van der Waals surface area contributed by atoms with Gasteiger partial charge >= 0.3 is 5.97 Å². The Morgan fingerprint density at radius 1 is 1.16 bits per heavy atom. The maximum absolute atomic E-state index is 11.0. The van der Waals surface area contributed by atoms with Gasteiger partial charge in [0.2, 0.25) is 0 Å². The second-order valence-corrected chi connectivity index (χ2v) is 6.28. The standard InChI is InChI=1S/C18H24N2O4S/c1-22-13-8-9-16(23-2)14(11-13)15-12-25-18(20-15)19-10-6-4-5-7-17(21)24-3/h8-9,11-12H,4-7,10H2,1-3H3,(H,19,20). The molecule has 7 heteroatoms. The van der Waals surface area contributed by atoms with Gasteiger partial charge in [-0.2, -0.15) is 0 Å². The predicted molar refractivity (Wildman–Crippen MR) is 99.6 cm³/mol. The van der Waals surface area contributed by atoms with E-state index in [-0.39, 0.29) is 5.97 Å². The third kappa shape index (κ3) is 5.63. The fraction of sp³-hybridized carbons (Fsp3) is 0.444. The van der Waals surface area contributed by atoms with E-state index in [1.165, 1.54) is 7.11 Å². The third-order valence-electron chi connectivity index (χ3n) is 3.75. The molecule has 1 aromatic carbocycles. The number of methoxy groups -OCH3 is 3. The second kappa shape index (κ2) is 9.88. The molecular formula is C18H24N2O4S. The molecule has 0 radical (unpaired) electrons. The highest BCUT2D eigenvalue weighted by molar-refractivity contribution is 7.14. The molecule has 0 bridgehead atoms. The van der Waals surface area contributed by atoms with Crippen molar-refractivity contribution in [2.75, 3.05) is 33.2 Å². The maximum Gasteiger partial charge on any atom is 0.305 e. The van der Waals surface area contributed by atoms with Crippen LogP contribution < -0.4 is 14.8 Å². The van der Waals surface area contributed by atoms with E-state index in [0.29, 0.717) is 6.42 Å². The Morgan fingerprint density at radius 3 is 2.72 bits per heavy atom. The first-order valence-corrected chi connectivity index (χ1v) is 9.04. The van der Waals surface area contributed by atoms with Crippen LogP contribution in [0.2, 0.25) is 0 Å². The van der Waals surface area contributed by atoms with Gasteiger partial charge in [0.25, 0.3) is 0 Å². The van der Waals surface area contributed by atoms with Gasteiger partial charge in [0.05, 0.1) is 27.0 Å². The quantitative estimate of drug-likeness (QED) is 0.508. The zero-order valence-electron chi connectivity index (χ0n) is 14.8. The number of nitrogens with one attached hydrogen (secondary N) is 1. The van der Waals surface area contributed by atoms with Crippen molar-refractivity contribution < 1.29 is 19.0 Å². The van der Waals surface area contributed by atoms with Crippen molar-refractivity contribution in [1.82, 2.24) is 4.98 Å². The summed E-state index contributed by atoms with van der Waals surface area (Å²) in [6.07, 6.45) is 3.28. The summed E-state index contributed by atoms with van der Waals surface area (Å²) >= 11 is 1.56. The van der Waals surface area contributed by atoms with Crippen molar-refractivity contribution in [3.8, 4) is 22.8 Å². The van der Waals surface area contributed by atoms with Gasteiger partial charge in [0, 0.05) is 23.9 Å². The van der Waals surface area contributed by atoms with Crippen LogP contribution in [0.5, 0.6) is 11.5 Å². The van der Waals surface area contributed by atoms with E-state index in [0.717, 1.165) is 53.7 Å². The molecule has 1 aromatic heterocycles. The number of aromatic nitrogens is 1. The molecule has 0 saturated carbocycles. The number of rotatable bonds is 10. The van der Waals surface area contributed by atoms with Crippen LogP contribution in [0.1, 0.15) is 25.7 Å². The number of ether oxygens (including phenoxy) is 3. The molecule has 0 aliphatic heterocycles. The highest BCUT2D eigenvalue weighted by Gasteiger charge is 2.11. The molecule has 0 aliphatic carbocycles. The Hall–Kier alpha value is -2.28. The zero-order valence-corrected chi connectivity index (χ0v) is 15.6. The molecule has 2 rings (SSSR count). The van der Waals surface area contributed by atoms with Crippen molar-refractivity contribution in [3.63, 3.8) is 0 Å². The fourth-order valence-electron chi connectivity index (χ4n) is 2.36. The van der Waals surface area contributed by atoms with Gasteiger partial charge in [-0.15, -0.1) is 11.3 Å². The summed E-state index contributed by atoms with van der Waals surface area (Å²) in [4.78, 5) is 15.7. The van der Waals surface area contributed by atoms with Crippen molar-refractivity contribution in [3.05, 3.63) is 23.6 Å². The Morgan fingerprint density at radius 2 is 2.00 bits per heavy atom. The van der Waals surface area contributed by atoms with Crippen LogP contribution in [0.3, 0.4) is 0 Å². The van der Waals surface area contributed by atoms with E-state index in [2.05, 4.69) is 15.0 Å². The number of thiazole rings is 1. The fourth-order valence-corrected chi connectivity index (χ4v) is 3.10. The summed E-state index contributed by atoms with van der Waals surface area (Å²) in [5.74, 6) is 1.38. The minimum atomic E-state index is -0.148. The molecule has 136 valence electrons. The highest BCUT2D eigenvalue weighted by atomic mass is 32.1. The predicted octanol–water partition coefficient (Wildman–Crippen LogP) is 3.97. The Balaban J connectivity index is 1.87. The zero-order chi connectivity index (χ0) is 18.1. The monoisotopic (exact) mass is 364 g/mol. The smallest absolute Gasteiger partial charge is 0.305 e. The second-order valence-electron chi connectivity index (χ2n) is 5.42. The first-order valence-electron chi connectivity index (χ1n) is 8.16. The van der Waals surface area contributed by atoms with Crippen LogP contribution in [0, 0.1) is 0 Å². The van der Waals surface area contributed by atoms with Gasteiger partial charge < -0.3 is 19.5 Å². The molecule has 6 nitrogen and oxygen atoms in total. The van der Waals surface area contributed by atoms with Crippen LogP contribution in [0.15, 0.2) is 23.6 Å². The summed E-state index contributed by atoms with van der Waals surface area (Å²) in [6.45, 7) is 0.823. The lowest BCUT2D eigenvalue weighted by atomic mass is 10.1. The third-order valence-corrected chi connectivity index (χ3v) is 4.55. The van der Waals surface area contributed by atoms with Gasteiger partial charge in [-0.3, -0.25) is 4.79 Å². The average Bonchev–Trinajstić information content (AvgIpc) is 3.12. The Bertz CT molecular complexity index is 687. The Kier molecular flexibility index (Phi) is 7.53. The van der Waals surface area contributed by atoms with Crippen molar-refractivity contribution in [1.29, 1.82) is 0 Å². The number of benzene rings is 1. The van der Waals surface area contributed by atoms with E-state index in [1.807, 2.05) is 23.6 Å². The first kappa shape index (κ1) is 19.1. The largest absolute Gasteiger partial charge is 0.497 e. The topological polar surface area (TPSA) is 69.7 Å². The first-order chi connectivity index (χ1) is 12.2. The number of carbonyl (C=O) groups is 1. The summed E-state index contributed by atoms with van der Waals surface area (Å²) in [5.41, 5.74) is 1.76. The molecule has 0 unspecified atom stereocenters. The van der Waals surface area contributed by atoms with E-state index in [1.54, 1.807) is 25.6 Å². The van der Waals surface area contributed by atoms with Crippen LogP contribution in [0.4, 0.5) is 5.13 Å². The van der Waals surface area contributed by atoms with E-state index < -0.39 is 0 Å². The van der Waals surface area contributed by atoms with Crippen LogP contribution >= 0.6 is 11.3 Å². The van der Waals surface area contributed by atoms with Gasteiger partial charge in [-0.1, -0.05) is 6.42 Å². The highest BCUT2D eigenvalue weighted by Crippen LogP contribution is 2.34. The number of anilines is 1. The summed E-state index contributed by atoms with van der Waals surface area (Å²) in [5, 5.41) is 6.19. The molecular weight excluding hydrogens is 340 g/mol. The summed E-state index contributed by atoms with van der Waals surface area (Å²) in [7, 11) is 4.70. The van der Waals surface area contributed by atoms with Crippen molar-refractivity contribution >= 4 is 22.4 Å². The molecule has 0 amide bonds. The van der Waals surface area contributed by atoms with E-state index in [9.17, 15) is 4.79 Å². The van der Waals surface area contributed by atoms with Crippen LogP contribution in [0.25, 0.3) is 11.3 Å². The number of carbonyl (C=O) groups excluding carboxylic acids is 1. The van der Waals surface area contributed by atoms with Crippen LogP contribution in [-0.4, -0.2) is 38.8 Å². The lowest BCUT2D eigenvalue weighted by Gasteiger charge is -2.08. The summed E-state index contributed by atoms with van der Waals surface area (Å²) < 4.78 is 15.3. The molecule has 0 fully saturated rings. The number of esters is 1. The van der Waals surface area contributed by atoms with Gasteiger partial charge in [-0.05, 0) is 31.0 Å². The van der Waals surface area contributed by atoms with Gasteiger partial charge in [0.1, 0.15) is 11.5 Å². The van der Waals surface area contributed by atoms with Crippen molar-refractivity contribution in [2.45, 2.75) is 25.7 Å². The molecule has 2 aromatic rings. The molecule has 25 heavy (non-hydrogen) atoms. The molecule has 1 heterocycles. The minimum absolute atomic E-state index is 0.148. The minimum Gasteiger partial charge on any atom is -0.497 e. The molecule has 0 spiro atoms. The lowest BCUT2D eigenvalue weighted by Crippen LogP contribution is -2.03. The number of hydrogen-bond donors (Lipinski definition) is 1. The molecule has 0 aliphatic rings. The number of nitrogens with zero attached hydrogens (tertiary/aromatic N) is 1. The van der Waals surface area contributed by atoms with E-state index >= 15 is 0 Å². The van der Waals surface area contributed by atoms with E-state index in [4.69, 9.17) is 9.47 Å². The average molecular weight is 364 g/mol. The maximum atomic E-state index is 11.0. The number of hydrogen-bond acceptors (Lipinski definition) is 7. The number of unbranched alkanes of at least 4 members (excludes halogenated alkanes) is 2. The normalized spacial score (nSPS) is 10.4. The molecule has 0 saturated heterocycles. The van der Waals surface area contributed by atoms with Crippen molar-refractivity contribution in [2.24, 2.45) is 0 Å². The van der Waals surface area contributed by atoms with Crippen LogP contribution in [-0.2, 0) is 9.53 Å². The SMILES string of the molecule is COC(=O)CCCCCNc1nc(-c2cc(OC)ccc2OC)cs1. The molecule has 1 N–H and O–H groups in total. The lowest BCUT2D eigenvalue weighted by molar-refractivity contribution is -0.140. The summed E-state index contributed by atoms with van der Waals surface area (Å²) in [6, 6.07) is 5.66. The van der Waals surface area contributed by atoms with Gasteiger partial charge in [-0.25, -0.2) is 4.98 Å². The molecule has 0 atom stereocenters.